The molecule has 2 aromatic carbocycles. The summed E-state index contributed by atoms with van der Waals surface area (Å²) in [6.07, 6.45) is 4.11. The molecule has 1 atom stereocenters. The fourth-order valence-corrected chi connectivity index (χ4v) is 4.84. The molecule has 2 saturated heterocycles. The zero-order valence-corrected chi connectivity index (χ0v) is 16.1. The first kappa shape index (κ1) is 17.0. The molecule has 0 N–H and O–H groups in total. The Bertz CT molecular complexity index is 921. The minimum absolute atomic E-state index is 0.784. The van der Waals surface area contributed by atoms with Gasteiger partial charge < -0.3 is 0 Å². The van der Waals surface area contributed by atoms with E-state index in [1.54, 1.807) is 0 Å². The third-order valence-electron chi connectivity index (χ3n) is 6.23. The molecule has 3 heterocycles. The summed E-state index contributed by atoms with van der Waals surface area (Å²) in [4.78, 5) is 10.0. The molecule has 1 aromatic heterocycles. The predicted octanol–water partition coefficient (Wildman–Crippen LogP) is 4.00. The van der Waals surface area contributed by atoms with Crippen LogP contribution in [0.2, 0.25) is 0 Å². The number of para-hydroxylation sites is 2. The van der Waals surface area contributed by atoms with Crippen molar-refractivity contribution in [2.45, 2.75) is 38.8 Å². The van der Waals surface area contributed by atoms with Gasteiger partial charge in [-0.2, -0.15) is 0 Å². The van der Waals surface area contributed by atoms with E-state index in [0.717, 1.165) is 23.9 Å². The summed E-state index contributed by atoms with van der Waals surface area (Å²) in [6.45, 7) is 8.23. The minimum Gasteiger partial charge on any atom is -0.299 e. The molecule has 2 aliphatic rings. The molecule has 2 fully saturated rings. The number of likely N-dealkylation sites (tertiary alicyclic amines) is 2. The standard InChI is InChI=1S/C23H28N4/c1-18-24-22-6-2-3-7-23(22)27(18)20-10-8-19(9-11-20)16-25-15-12-21(17-25)26-13-4-5-14-26/h2-3,6-11,21H,4-5,12-17H2,1H3/t21-/m0/s1. The van der Waals surface area contributed by atoms with Gasteiger partial charge in [-0.3, -0.25) is 14.4 Å². The minimum atomic E-state index is 0.784. The lowest BCUT2D eigenvalue weighted by molar-refractivity contribution is 0.230. The number of aromatic nitrogens is 2. The van der Waals surface area contributed by atoms with Crippen molar-refractivity contribution in [2.75, 3.05) is 26.2 Å². The average molecular weight is 361 g/mol. The van der Waals surface area contributed by atoms with E-state index in [9.17, 15) is 0 Å². The SMILES string of the molecule is Cc1nc2ccccc2n1-c1ccc(CN2CC[C@H](N3CCCC3)C2)cc1. The van der Waals surface area contributed by atoms with Crippen molar-refractivity contribution in [3.63, 3.8) is 0 Å². The van der Waals surface area contributed by atoms with E-state index < -0.39 is 0 Å². The quantitative estimate of drug-likeness (QED) is 0.703. The largest absolute Gasteiger partial charge is 0.299 e. The van der Waals surface area contributed by atoms with E-state index >= 15 is 0 Å². The molecule has 0 radical (unpaired) electrons. The monoisotopic (exact) mass is 360 g/mol. The highest BCUT2D eigenvalue weighted by atomic mass is 15.3. The van der Waals surface area contributed by atoms with Crippen molar-refractivity contribution in [1.82, 2.24) is 19.4 Å². The van der Waals surface area contributed by atoms with Crippen molar-refractivity contribution in [3.8, 4) is 5.69 Å². The predicted molar refractivity (Wildman–Crippen MR) is 110 cm³/mol. The van der Waals surface area contributed by atoms with E-state index in [4.69, 9.17) is 4.98 Å². The van der Waals surface area contributed by atoms with E-state index in [0.29, 0.717) is 0 Å². The molecule has 4 heteroatoms. The molecule has 140 valence electrons. The van der Waals surface area contributed by atoms with Crippen molar-refractivity contribution >= 4 is 11.0 Å². The van der Waals surface area contributed by atoms with Crippen LogP contribution >= 0.6 is 0 Å². The van der Waals surface area contributed by atoms with Crippen LogP contribution in [0.5, 0.6) is 0 Å². The van der Waals surface area contributed by atoms with Gasteiger partial charge in [0, 0.05) is 31.4 Å². The number of aryl methyl sites for hydroxylation is 1. The Morgan fingerprint density at radius 2 is 1.74 bits per heavy atom. The highest BCUT2D eigenvalue weighted by Crippen LogP contribution is 2.24. The van der Waals surface area contributed by atoms with E-state index in [1.807, 2.05) is 6.07 Å². The summed E-state index contributed by atoms with van der Waals surface area (Å²) in [7, 11) is 0. The molecular weight excluding hydrogens is 332 g/mol. The fourth-order valence-electron chi connectivity index (χ4n) is 4.84. The number of imidazole rings is 1. The first-order valence-corrected chi connectivity index (χ1v) is 10.3. The molecule has 0 amide bonds. The lowest BCUT2D eigenvalue weighted by Crippen LogP contribution is -2.35. The molecule has 0 saturated carbocycles. The number of hydrogen-bond acceptors (Lipinski definition) is 3. The van der Waals surface area contributed by atoms with Crippen molar-refractivity contribution < 1.29 is 0 Å². The van der Waals surface area contributed by atoms with Crippen molar-refractivity contribution in [1.29, 1.82) is 0 Å². The maximum atomic E-state index is 4.69. The molecule has 27 heavy (non-hydrogen) atoms. The van der Waals surface area contributed by atoms with E-state index in [-0.39, 0.29) is 0 Å². The number of fused-ring (bicyclic) bond motifs is 1. The van der Waals surface area contributed by atoms with Gasteiger partial charge in [0.05, 0.1) is 11.0 Å². The summed E-state index contributed by atoms with van der Waals surface area (Å²) >= 11 is 0. The molecule has 0 spiro atoms. The van der Waals surface area contributed by atoms with Gasteiger partial charge in [-0.15, -0.1) is 0 Å². The summed E-state index contributed by atoms with van der Waals surface area (Å²) in [5, 5.41) is 0. The molecule has 0 aliphatic carbocycles. The molecule has 2 aliphatic heterocycles. The number of rotatable bonds is 4. The third kappa shape index (κ3) is 3.28. The summed E-state index contributed by atoms with van der Waals surface area (Å²) < 4.78 is 2.25. The second-order valence-electron chi connectivity index (χ2n) is 8.07. The zero-order valence-electron chi connectivity index (χ0n) is 16.1. The van der Waals surface area contributed by atoms with Gasteiger partial charge in [0.25, 0.3) is 0 Å². The maximum absolute atomic E-state index is 4.69. The highest BCUT2D eigenvalue weighted by Gasteiger charge is 2.29. The topological polar surface area (TPSA) is 24.3 Å². The molecule has 0 bridgehead atoms. The number of benzene rings is 2. The molecule has 0 unspecified atom stereocenters. The lowest BCUT2D eigenvalue weighted by atomic mass is 10.2. The van der Waals surface area contributed by atoms with Crippen LogP contribution in [0.4, 0.5) is 0 Å². The Kier molecular flexibility index (Phi) is 4.46. The third-order valence-corrected chi connectivity index (χ3v) is 6.23. The van der Waals surface area contributed by atoms with Gasteiger partial charge in [-0.25, -0.2) is 4.98 Å². The molecule has 5 rings (SSSR count). The van der Waals surface area contributed by atoms with Gasteiger partial charge in [-0.1, -0.05) is 24.3 Å². The van der Waals surface area contributed by atoms with Crippen LogP contribution in [0.1, 0.15) is 30.7 Å². The van der Waals surface area contributed by atoms with Crippen LogP contribution < -0.4 is 0 Å². The van der Waals surface area contributed by atoms with Gasteiger partial charge in [0.15, 0.2) is 0 Å². The summed E-state index contributed by atoms with van der Waals surface area (Å²) in [5.41, 5.74) is 4.84. The van der Waals surface area contributed by atoms with Crippen molar-refractivity contribution in [2.24, 2.45) is 0 Å². The lowest BCUT2D eigenvalue weighted by Gasteiger charge is -2.23. The van der Waals surface area contributed by atoms with Crippen LogP contribution in [-0.2, 0) is 6.54 Å². The molecule has 3 aromatic rings. The van der Waals surface area contributed by atoms with Crippen LogP contribution in [0, 0.1) is 6.92 Å². The fraction of sp³-hybridized carbons (Fsp3) is 0.435. The maximum Gasteiger partial charge on any atom is 0.111 e. The molecule has 4 nitrogen and oxygen atoms in total. The van der Waals surface area contributed by atoms with Crippen LogP contribution in [0.3, 0.4) is 0 Å². The average Bonchev–Trinajstić information content (AvgIpc) is 3.41. The van der Waals surface area contributed by atoms with Gasteiger partial charge in [0.1, 0.15) is 5.82 Å². The smallest absolute Gasteiger partial charge is 0.111 e. The van der Waals surface area contributed by atoms with Crippen LogP contribution in [0.15, 0.2) is 48.5 Å². The van der Waals surface area contributed by atoms with Crippen LogP contribution in [0.25, 0.3) is 16.7 Å². The summed E-state index contributed by atoms with van der Waals surface area (Å²) in [6, 6.07) is 18.2. The summed E-state index contributed by atoms with van der Waals surface area (Å²) in [5.74, 6) is 1.04. The van der Waals surface area contributed by atoms with E-state index in [2.05, 4.69) is 63.8 Å². The van der Waals surface area contributed by atoms with Gasteiger partial charge in [-0.05, 0) is 69.1 Å². The van der Waals surface area contributed by atoms with E-state index in [1.165, 1.54) is 62.2 Å². The van der Waals surface area contributed by atoms with Crippen molar-refractivity contribution in [3.05, 3.63) is 59.9 Å². The second-order valence-corrected chi connectivity index (χ2v) is 8.07. The zero-order chi connectivity index (χ0) is 18.2. The Balaban J connectivity index is 1.30. The first-order valence-electron chi connectivity index (χ1n) is 10.3. The second kappa shape index (κ2) is 7.10. The highest BCUT2D eigenvalue weighted by molar-refractivity contribution is 5.78. The first-order chi connectivity index (χ1) is 13.3. The number of nitrogens with zero attached hydrogens (tertiary/aromatic N) is 4. The Morgan fingerprint density at radius 3 is 2.56 bits per heavy atom. The Hall–Kier alpha value is -2.17. The van der Waals surface area contributed by atoms with Crippen LogP contribution in [-0.4, -0.2) is 51.6 Å². The normalized spacial score (nSPS) is 21.4. The Morgan fingerprint density at radius 1 is 0.963 bits per heavy atom. The Labute approximate surface area is 161 Å². The van der Waals surface area contributed by atoms with Gasteiger partial charge in [0.2, 0.25) is 0 Å². The molecular formula is C23H28N4. The van der Waals surface area contributed by atoms with Gasteiger partial charge >= 0.3 is 0 Å². The number of hydrogen-bond donors (Lipinski definition) is 0.